The first-order valence-corrected chi connectivity index (χ1v) is 46.9. The molecule has 0 spiro atoms. The lowest BCUT2D eigenvalue weighted by atomic mass is 10.1. The highest BCUT2D eigenvalue weighted by molar-refractivity contribution is 6.33. The fourth-order valence-corrected chi connectivity index (χ4v) is 21.9. The van der Waals surface area contributed by atoms with Crippen molar-refractivity contribution in [3.63, 3.8) is 0 Å². The van der Waals surface area contributed by atoms with Gasteiger partial charge in [0.2, 0.25) is 5.91 Å². The Morgan fingerprint density at radius 2 is 0.708 bits per heavy atom. The summed E-state index contributed by atoms with van der Waals surface area (Å²) < 4.78 is 21.4. The number of amides is 5. The van der Waals surface area contributed by atoms with Gasteiger partial charge in [0, 0.05) is 150 Å². The molecule has 36 heteroatoms. The molecule has 8 aliphatic carbocycles. The zero-order valence-corrected chi connectivity index (χ0v) is 79.8. The number of aromatic amines is 4. The summed E-state index contributed by atoms with van der Waals surface area (Å²) in [5, 5.41) is 34.4. The van der Waals surface area contributed by atoms with Gasteiger partial charge in [-0.3, -0.25) is 4.79 Å². The lowest BCUT2D eigenvalue weighted by molar-refractivity contribution is -0.133. The number of likely N-dealkylation sites (tertiary alicyclic amines) is 5. The second kappa shape index (κ2) is 39.7. The number of anilines is 3. The Balaban J connectivity index is 0.000000122. The molecule has 8 aromatic heterocycles. The molecule has 6 aliphatic heterocycles. The van der Waals surface area contributed by atoms with Crippen LogP contribution in [0.2, 0.25) is 5.15 Å². The van der Waals surface area contributed by atoms with Crippen molar-refractivity contribution in [1.29, 1.82) is 0 Å². The van der Waals surface area contributed by atoms with Gasteiger partial charge in [0.15, 0.2) is 0 Å². The number of aliphatic hydroxyl groups is 3. The molecule has 5 amide bonds. The first kappa shape index (κ1) is 96.6. The number of nitrogens with one attached hydrogen (secondary N) is 5. The van der Waals surface area contributed by atoms with E-state index in [-0.39, 0.29) is 67.4 Å². The van der Waals surface area contributed by atoms with Crippen molar-refractivity contribution in [3.8, 4) is 0 Å². The van der Waals surface area contributed by atoms with E-state index in [9.17, 15) is 28.8 Å². The summed E-state index contributed by atoms with van der Waals surface area (Å²) in [6.45, 7) is 38.4. The summed E-state index contributed by atoms with van der Waals surface area (Å²) in [4.78, 5) is 131. The fraction of sp³-hybridized carbons (Fsp3) is 0.681. The molecule has 34 nitrogen and oxygen atoms in total. The van der Waals surface area contributed by atoms with Crippen LogP contribution >= 0.6 is 24.0 Å². The van der Waals surface area contributed by atoms with E-state index in [0.29, 0.717) is 95.9 Å². The summed E-state index contributed by atoms with van der Waals surface area (Å²) in [6.07, 6.45) is 20.9. The molecule has 8 N–H and O–H groups in total. The minimum atomic E-state index is -0.437. The number of nitrogens with zero attached hydrogens (tertiary/aromatic N) is 16. The number of hydrogen-bond donors (Lipinski definition) is 8. The zero-order chi connectivity index (χ0) is 92.0. The summed E-state index contributed by atoms with van der Waals surface area (Å²) >= 11 is 5.73. The van der Waals surface area contributed by atoms with Crippen molar-refractivity contribution in [2.75, 3.05) is 154 Å². The Kier molecular flexibility index (Phi) is 29.5. The molecule has 0 radical (unpaired) electrons. The first-order valence-electron chi connectivity index (χ1n) is 46.5. The number of fused-ring (bicyclic) bond motifs is 11. The highest BCUT2D eigenvalue weighted by Gasteiger charge is 2.61. The van der Waals surface area contributed by atoms with Crippen LogP contribution in [0, 0.1) is 124 Å². The molecule has 14 aliphatic rings. The second-order valence-electron chi connectivity index (χ2n) is 42.1. The number of ether oxygens (including phenoxy) is 4. The van der Waals surface area contributed by atoms with Crippen LogP contribution in [0.4, 0.5) is 36.6 Å². The molecule has 14 fully saturated rings. The van der Waals surface area contributed by atoms with Gasteiger partial charge in [0.25, 0.3) is 0 Å². The van der Waals surface area contributed by atoms with Crippen LogP contribution in [0.5, 0.6) is 0 Å². The van der Waals surface area contributed by atoms with Crippen LogP contribution in [0.3, 0.4) is 0 Å². The molecule has 710 valence electrons. The van der Waals surface area contributed by atoms with E-state index in [1.807, 2.05) is 130 Å². The Morgan fingerprint density at radius 3 is 1.02 bits per heavy atom. The quantitative estimate of drug-likeness (QED) is 0.0268. The Labute approximate surface area is 772 Å². The monoisotopic (exact) mass is 1840 g/mol. The maximum atomic E-state index is 12.2. The SMILES string of the molecule is CC(C)(C)OC(=O)N1C[C@@H]2C(C=O)[C@@H]2C1.CC(C)(C)OC(=O)N1C[C@@H]2C(CO)[C@@H]2C1.CCCC1[C@H]2CN(C(=O)OC(C)(C)C)C[C@@H]12.CN(CC1[C@H]2CCC[C@@H]12)c1ncnc2[nH]ccc12.CN(CC1[C@H]2CN(C(=O)CO)C[C@@H]12)c1ncnc2[nH]ccc12.CN(CC1[C@H]2CN(C(=O)OC(C)(C)C)C[C@@H]12)c1ncnc2[nH]ccc12.Cl.Clc1ncnc2[nH]ccc12.OCC1[C@H]2CNC[C@@H]12. The van der Waals surface area contributed by atoms with Crippen LogP contribution in [-0.4, -0.2) is 298 Å². The van der Waals surface area contributed by atoms with Crippen LogP contribution in [0.25, 0.3) is 44.1 Å². The molecule has 21 atom stereocenters. The smallest absolute Gasteiger partial charge is 0.410 e. The van der Waals surface area contributed by atoms with Gasteiger partial charge < -0.3 is 104 Å². The van der Waals surface area contributed by atoms with Gasteiger partial charge in [0.1, 0.15) is 106 Å². The van der Waals surface area contributed by atoms with Crippen molar-refractivity contribution in [3.05, 3.63) is 79.5 Å². The van der Waals surface area contributed by atoms with Gasteiger partial charge >= 0.3 is 24.4 Å². The van der Waals surface area contributed by atoms with Crippen molar-refractivity contribution in [2.45, 2.75) is 145 Å². The minimum absolute atomic E-state index is 0. The predicted octanol–water partition coefficient (Wildman–Crippen LogP) is 11.8. The third kappa shape index (κ3) is 22.9. The predicted molar refractivity (Wildman–Crippen MR) is 498 cm³/mol. The molecular weight excluding hydrogens is 1700 g/mol. The van der Waals surface area contributed by atoms with Gasteiger partial charge in [-0.15, -0.1) is 12.4 Å². The number of piperidine rings is 6. The van der Waals surface area contributed by atoms with Gasteiger partial charge in [-0.2, -0.15) is 0 Å². The summed E-state index contributed by atoms with van der Waals surface area (Å²) in [5.41, 5.74) is 1.78. The molecule has 14 heterocycles. The molecule has 130 heavy (non-hydrogen) atoms. The van der Waals surface area contributed by atoms with Gasteiger partial charge in [-0.05, 0) is 252 Å². The van der Waals surface area contributed by atoms with Gasteiger partial charge in [0.05, 0.1) is 21.5 Å². The maximum absolute atomic E-state index is 12.2. The largest absolute Gasteiger partial charge is 0.444 e. The molecular formula is C94H137Cl2N21O13. The lowest BCUT2D eigenvalue weighted by Crippen LogP contribution is -2.37. The maximum Gasteiger partial charge on any atom is 0.410 e. The average molecular weight is 1840 g/mol. The highest BCUT2D eigenvalue weighted by Crippen LogP contribution is 2.59. The number of carbonyl (C=O) groups is 6. The Bertz CT molecular complexity index is 5130. The van der Waals surface area contributed by atoms with E-state index < -0.39 is 16.8 Å². The van der Waals surface area contributed by atoms with Gasteiger partial charge in [-0.1, -0.05) is 37.8 Å². The average Bonchev–Trinajstić information content (AvgIpc) is 1.60. The normalized spacial score (nSPS) is 29.1. The summed E-state index contributed by atoms with van der Waals surface area (Å²) in [7, 11) is 6.29. The molecule has 0 bridgehead atoms. The molecule has 8 saturated carbocycles. The fourth-order valence-electron chi connectivity index (χ4n) is 21.7. The van der Waals surface area contributed by atoms with Crippen molar-refractivity contribution >= 4 is 122 Å². The molecule has 8 aromatic rings. The number of aldehydes is 1. The number of H-pyrrole nitrogens is 4. The third-order valence-electron chi connectivity index (χ3n) is 28.7. The number of rotatable bonds is 15. The minimum Gasteiger partial charge on any atom is -0.444 e. The number of carbonyl (C=O) groups excluding carboxylic acids is 6. The van der Waals surface area contributed by atoms with E-state index >= 15 is 0 Å². The van der Waals surface area contributed by atoms with Crippen molar-refractivity contribution in [2.24, 2.45) is 124 Å². The Morgan fingerprint density at radius 1 is 0.415 bits per heavy atom. The molecule has 6 saturated heterocycles. The van der Waals surface area contributed by atoms with Crippen LogP contribution in [0.1, 0.15) is 122 Å². The first-order chi connectivity index (χ1) is 61.4. The van der Waals surface area contributed by atoms with Gasteiger partial charge in [-0.25, -0.2) is 59.0 Å². The molecule has 22 rings (SSSR count). The number of aliphatic hydroxyl groups excluding tert-OH is 3. The molecule has 7 unspecified atom stereocenters. The highest BCUT2D eigenvalue weighted by atomic mass is 35.5. The topological polar surface area (TPSA) is 404 Å². The van der Waals surface area contributed by atoms with Crippen molar-refractivity contribution < 1.29 is 63.0 Å². The van der Waals surface area contributed by atoms with E-state index in [1.165, 1.54) is 38.4 Å². The van der Waals surface area contributed by atoms with E-state index in [4.69, 9.17) is 45.9 Å². The summed E-state index contributed by atoms with van der Waals surface area (Å²) in [6, 6.07) is 7.92. The van der Waals surface area contributed by atoms with E-state index in [2.05, 4.69) is 114 Å². The van der Waals surface area contributed by atoms with Crippen LogP contribution in [-0.2, 0) is 28.5 Å². The van der Waals surface area contributed by atoms with Crippen molar-refractivity contribution in [1.82, 2.24) is 89.6 Å². The number of halogens is 2. The lowest BCUT2D eigenvalue weighted by Gasteiger charge is -2.26. The summed E-state index contributed by atoms with van der Waals surface area (Å²) in [5.74, 6) is 16.5. The zero-order valence-electron chi connectivity index (χ0n) is 78.3. The number of hydrogen-bond acceptors (Lipinski definition) is 25. The van der Waals surface area contributed by atoms with E-state index in [0.717, 1.165) is 200 Å². The molecule has 0 aromatic carbocycles. The van der Waals surface area contributed by atoms with Crippen LogP contribution in [0.15, 0.2) is 74.4 Å². The second-order valence-corrected chi connectivity index (χ2v) is 42.4. The van der Waals surface area contributed by atoms with E-state index in [1.54, 1.807) is 39.9 Å². The Hall–Kier alpha value is -9.48. The number of aromatic nitrogens is 12. The standard InChI is InChI=1S/C18H25N5O2.C15H19N5O2.C14H18N4.C13H23NO2.C11H19NO3.C11H17NO3.C6H4ClN3.C6H11NO.ClH/c1-18(2,3)25-17(24)23-8-13-12(14(13)9-23)7-22(4)16-11-5-6-19-15(11)20-10-21-16;1-19(15-9-2-3-16-14(9)17-8-18-15)4-10-11-5-20(6-12(10)11)13(22)7-21;1-18(7-12-9-3-2-4-10(9)12)14-11-5-6-15-13(11)16-8-17-14;1-5-6-9-10-7-14(8-11(9)10)12(15)16-13(2,3)4;2*1-11(2,3)15-10(14)12-4-7-8(5-12)9(7)6-13;7-5-4-1-2-8-6(4)10-3-9-5;8-3-6-4-1-7-2-5(4)6;/h5-6,10,12-14H,7-9H2,1-4H3,(H,19,20,21);2-3,8,10-12,21H,4-7H2,1H3,(H,16,17,18);5-6,8-10,12H,2-4,7H2,1H3,(H,15,16,17);9-11H,5-8H2,1-4H3;7-9,13H,4-6H2,1-3H3;6-9H,4-5H2,1-3H3;1-3H,(H,8,9,10);4-8H,1-3H2;1H/t12?,13-,14+;10?,11-,12+;9-,10+,12?;9?,10-,11+;2*7-,8+,9?;;4-,5+,6?;. The van der Waals surface area contributed by atoms with Crippen LogP contribution < -0.4 is 20.0 Å². The third-order valence-corrected chi connectivity index (χ3v) is 29.0.